The van der Waals surface area contributed by atoms with E-state index in [0.29, 0.717) is 0 Å². The van der Waals surface area contributed by atoms with E-state index in [1.807, 2.05) is 97.1 Å². The summed E-state index contributed by atoms with van der Waals surface area (Å²) in [7, 11) is 0. The van der Waals surface area contributed by atoms with Crippen LogP contribution in [0, 0.1) is 0 Å². The number of rotatable bonds is 5. The van der Waals surface area contributed by atoms with Gasteiger partial charge in [0.1, 0.15) is 0 Å². The number of amides is 1. The second-order valence-corrected chi connectivity index (χ2v) is 6.52. The fourth-order valence-corrected chi connectivity index (χ4v) is 3.27. The van der Waals surface area contributed by atoms with E-state index in [2.05, 4.69) is 10.3 Å². The van der Waals surface area contributed by atoms with Crippen LogP contribution in [0.4, 0.5) is 0 Å². The minimum atomic E-state index is -0.204. The summed E-state index contributed by atoms with van der Waals surface area (Å²) in [6, 6.07) is 29.6. The van der Waals surface area contributed by atoms with Crippen molar-refractivity contribution < 1.29 is 4.79 Å². The van der Waals surface area contributed by atoms with Gasteiger partial charge in [-0.15, -0.1) is 0 Å². The van der Waals surface area contributed by atoms with Crippen LogP contribution in [0.5, 0.6) is 0 Å². The van der Waals surface area contributed by atoms with E-state index in [9.17, 15) is 4.79 Å². The average molecular weight is 364 g/mol. The number of benzene rings is 3. The first-order chi connectivity index (χ1) is 13.8. The van der Waals surface area contributed by atoms with Crippen molar-refractivity contribution in [1.82, 2.24) is 10.3 Å². The maximum absolute atomic E-state index is 12.7. The highest BCUT2D eigenvalue weighted by molar-refractivity contribution is 5.95. The second-order valence-electron chi connectivity index (χ2n) is 6.52. The highest BCUT2D eigenvalue weighted by Crippen LogP contribution is 2.22. The molecule has 4 rings (SSSR count). The highest BCUT2D eigenvalue weighted by atomic mass is 16.1. The summed E-state index contributed by atoms with van der Waals surface area (Å²) in [5.41, 5.74) is 3.89. The maximum atomic E-state index is 12.7. The predicted molar refractivity (Wildman–Crippen MR) is 114 cm³/mol. The molecule has 0 saturated carbocycles. The Bertz CT molecular complexity index is 1060. The van der Waals surface area contributed by atoms with Gasteiger partial charge < -0.3 is 5.32 Å². The molecule has 0 atom stereocenters. The van der Waals surface area contributed by atoms with E-state index in [0.717, 1.165) is 27.6 Å². The zero-order valence-electron chi connectivity index (χ0n) is 15.3. The molecule has 1 aromatic heterocycles. The molecule has 0 saturated heterocycles. The zero-order valence-corrected chi connectivity index (χ0v) is 15.3. The predicted octanol–water partition coefficient (Wildman–Crippen LogP) is 5.15. The Morgan fingerprint density at radius 1 is 0.786 bits per heavy atom. The summed E-state index contributed by atoms with van der Waals surface area (Å²) in [4.78, 5) is 17.1. The molecule has 28 heavy (non-hydrogen) atoms. The van der Waals surface area contributed by atoms with Gasteiger partial charge in [0, 0.05) is 23.2 Å². The lowest BCUT2D eigenvalue weighted by Crippen LogP contribution is -2.27. The number of aromatic nitrogens is 1. The number of carbonyl (C=O) groups excluding carboxylic acids is 1. The Balaban J connectivity index is 1.59. The summed E-state index contributed by atoms with van der Waals surface area (Å²) in [6.45, 7) is 0. The van der Waals surface area contributed by atoms with Gasteiger partial charge in [-0.3, -0.25) is 9.78 Å². The van der Waals surface area contributed by atoms with Gasteiger partial charge in [-0.1, -0.05) is 84.9 Å². The third-order valence-electron chi connectivity index (χ3n) is 4.63. The normalized spacial score (nSPS) is 11.2. The van der Waals surface area contributed by atoms with Crippen LogP contribution in [-0.4, -0.2) is 10.9 Å². The molecule has 0 unspecified atom stereocenters. The Morgan fingerprint density at radius 3 is 2.11 bits per heavy atom. The molecule has 3 aromatic carbocycles. The van der Waals surface area contributed by atoms with Gasteiger partial charge in [-0.05, 0) is 23.3 Å². The zero-order chi connectivity index (χ0) is 19.2. The molecule has 1 N–H and O–H groups in total. The molecule has 3 heteroatoms. The summed E-state index contributed by atoms with van der Waals surface area (Å²) in [6.07, 6.45) is 5.15. The summed E-state index contributed by atoms with van der Waals surface area (Å²) in [5.74, 6) is -0.148. The van der Waals surface area contributed by atoms with Crippen molar-refractivity contribution >= 4 is 22.9 Å². The Kier molecular flexibility index (Phi) is 5.25. The molecule has 0 aliphatic rings. The van der Waals surface area contributed by atoms with E-state index in [-0.39, 0.29) is 11.9 Å². The van der Waals surface area contributed by atoms with Crippen LogP contribution in [0.15, 0.2) is 103 Å². The van der Waals surface area contributed by atoms with E-state index in [1.165, 1.54) is 0 Å². The van der Waals surface area contributed by atoms with E-state index in [4.69, 9.17) is 0 Å². The molecule has 0 radical (unpaired) electrons. The standard InChI is InChI=1S/C25H20N2O/c28-23(17-16-22-14-7-13-19-15-8-18-26-24(19)22)27-25(20-9-3-1-4-10-20)21-11-5-2-6-12-21/h1-18,25H,(H,27,28). The van der Waals surface area contributed by atoms with E-state index < -0.39 is 0 Å². The summed E-state index contributed by atoms with van der Waals surface area (Å²) in [5, 5.41) is 4.17. The number of hydrogen-bond acceptors (Lipinski definition) is 2. The van der Waals surface area contributed by atoms with Gasteiger partial charge in [-0.2, -0.15) is 0 Å². The Hall–Kier alpha value is -3.72. The van der Waals surface area contributed by atoms with Crippen LogP contribution >= 0.6 is 0 Å². The fourth-order valence-electron chi connectivity index (χ4n) is 3.27. The molecule has 136 valence electrons. The molecule has 1 heterocycles. The van der Waals surface area contributed by atoms with Crippen LogP contribution < -0.4 is 5.32 Å². The minimum absolute atomic E-state index is 0.148. The van der Waals surface area contributed by atoms with Gasteiger partial charge in [-0.25, -0.2) is 0 Å². The quantitative estimate of drug-likeness (QED) is 0.497. The number of carbonyl (C=O) groups is 1. The number of fused-ring (bicyclic) bond motifs is 1. The number of hydrogen-bond donors (Lipinski definition) is 1. The molecular formula is C25H20N2O. The lowest BCUT2D eigenvalue weighted by molar-refractivity contribution is -0.116. The largest absolute Gasteiger partial charge is 0.342 e. The molecule has 0 spiro atoms. The molecule has 4 aromatic rings. The van der Waals surface area contributed by atoms with Gasteiger partial charge in [0.05, 0.1) is 11.6 Å². The molecule has 0 bridgehead atoms. The van der Waals surface area contributed by atoms with Crippen molar-refractivity contribution in [2.75, 3.05) is 0 Å². The first kappa shape index (κ1) is 17.7. The van der Waals surface area contributed by atoms with Crippen molar-refractivity contribution in [2.45, 2.75) is 6.04 Å². The number of nitrogens with zero attached hydrogens (tertiary/aromatic N) is 1. The second kappa shape index (κ2) is 8.31. The van der Waals surface area contributed by atoms with Gasteiger partial charge >= 0.3 is 0 Å². The van der Waals surface area contributed by atoms with Gasteiger partial charge in [0.2, 0.25) is 5.91 Å². The molecule has 0 aliphatic heterocycles. The third-order valence-corrected chi connectivity index (χ3v) is 4.63. The van der Waals surface area contributed by atoms with Gasteiger partial charge in [0.15, 0.2) is 0 Å². The van der Waals surface area contributed by atoms with Crippen LogP contribution in [0.1, 0.15) is 22.7 Å². The first-order valence-corrected chi connectivity index (χ1v) is 9.23. The van der Waals surface area contributed by atoms with Crippen LogP contribution in [-0.2, 0) is 4.79 Å². The van der Waals surface area contributed by atoms with Crippen molar-refractivity contribution in [3.8, 4) is 0 Å². The highest BCUT2D eigenvalue weighted by Gasteiger charge is 2.15. The smallest absolute Gasteiger partial charge is 0.244 e. The van der Waals surface area contributed by atoms with Crippen LogP contribution in [0.3, 0.4) is 0 Å². The van der Waals surface area contributed by atoms with E-state index in [1.54, 1.807) is 12.3 Å². The van der Waals surface area contributed by atoms with Crippen LogP contribution in [0.2, 0.25) is 0 Å². The van der Waals surface area contributed by atoms with Crippen molar-refractivity contribution in [1.29, 1.82) is 0 Å². The fraction of sp³-hybridized carbons (Fsp3) is 0.0400. The van der Waals surface area contributed by atoms with Gasteiger partial charge in [0.25, 0.3) is 0 Å². The first-order valence-electron chi connectivity index (χ1n) is 9.23. The van der Waals surface area contributed by atoms with Crippen molar-refractivity contribution in [2.24, 2.45) is 0 Å². The van der Waals surface area contributed by atoms with Crippen molar-refractivity contribution in [3.63, 3.8) is 0 Å². The number of pyridine rings is 1. The van der Waals surface area contributed by atoms with Crippen LogP contribution in [0.25, 0.3) is 17.0 Å². The maximum Gasteiger partial charge on any atom is 0.244 e. The topological polar surface area (TPSA) is 42.0 Å². The minimum Gasteiger partial charge on any atom is -0.342 e. The van der Waals surface area contributed by atoms with E-state index >= 15 is 0 Å². The average Bonchev–Trinajstić information content (AvgIpc) is 2.77. The SMILES string of the molecule is O=C(C=Cc1cccc2cccnc12)NC(c1ccccc1)c1ccccc1. The number of nitrogens with one attached hydrogen (secondary N) is 1. The lowest BCUT2D eigenvalue weighted by Gasteiger charge is -2.19. The van der Waals surface area contributed by atoms with Crippen molar-refractivity contribution in [3.05, 3.63) is 120 Å². The molecule has 1 amide bonds. The molecular weight excluding hydrogens is 344 g/mol. The molecule has 3 nitrogen and oxygen atoms in total. The monoisotopic (exact) mass is 364 g/mol. The molecule has 0 fully saturated rings. The molecule has 0 aliphatic carbocycles. The Morgan fingerprint density at radius 2 is 1.43 bits per heavy atom. The lowest BCUT2D eigenvalue weighted by atomic mass is 9.98. The summed E-state index contributed by atoms with van der Waals surface area (Å²) < 4.78 is 0. The Labute approximate surface area is 164 Å². The summed E-state index contributed by atoms with van der Waals surface area (Å²) >= 11 is 0. The number of para-hydroxylation sites is 1. The third kappa shape index (κ3) is 3.99.